The number of aromatic nitrogens is 1. The van der Waals surface area contributed by atoms with Gasteiger partial charge in [-0.2, -0.15) is 0 Å². The zero-order valence-electron chi connectivity index (χ0n) is 18.6. The van der Waals surface area contributed by atoms with Crippen LogP contribution in [0.3, 0.4) is 0 Å². The van der Waals surface area contributed by atoms with Crippen molar-refractivity contribution in [2.24, 2.45) is 0 Å². The first-order valence-electron chi connectivity index (χ1n) is 9.69. The smallest absolute Gasteiger partial charge is 0.340 e. The van der Waals surface area contributed by atoms with E-state index >= 15 is 0 Å². The van der Waals surface area contributed by atoms with Crippen LogP contribution in [-0.2, 0) is 19.5 Å². The van der Waals surface area contributed by atoms with Gasteiger partial charge in [-0.3, -0.25) is 4.79 Å². The number of hydrogen-bond acceptors (Lipinski definition) is 6. The molecule has 0 saturated heterocycles. The summed E-state index contributed by atoms with van der Waals surface area (Å²) in [5.74, 6) is -0.901. The van der Waals surface area contributed by atoms with Crippen LogP contribution in [-0.4, -0.2) is 64.0 Å². The van der Waals surface area contributed by atoms with Gasteiger partial charge in [0, 0.05) is 26.9 Å². The first-order valence-corrected chi connectivity index (χ1v) is 11.1. The molecular weight excluding hydrogens is 422 g/mol. The fourth-order valence-electron chi connectivity index (χ4n) is 3.06. The highest BCUT2D eigenvalue weighted by molar-refractivity contribution is 7.89. The molecule has 1 aromatic heterocycles. The fourth-order valence-corrected chi connectivity index (χ4v) is 3.97. The third-order valence-corrected chi connectivity index (χ3v) is 6.72. The lowest BCUT2D eigenvalue weighted by atomic mass is 10.1. The number of carbonyl (C=O) groups excluding carboxylic acids is 2. The maximum Gasteiger partial charge on any atom is 0.340 e. The first kappa shape index (κ1) is 24.6. The summed E-state index contributed by atoms with van der Waals surface area (Å²) in [5.41, 5.74) is 2.38. The quantitative estimate of drug-likeness (QED) is 0.446. The molecule has 2 N–H and O–H groups in total. The molecule has 2 aromatic rings. The third-order valence-electron chi connectivity index (χ3n) is 4.90. The Morgan fingerprint density at radius 2 is 1.74 bits per heavy atom. The summed E-state index contributed by atoms with van der Waals surface area (Å²) in [7, 11) is 0.926. The minimum absolute atomic E-state index is 0.123. The van der Waals surface area contributed by atoms with E-state index in [4.69, 9.17) is 9.47 Å². The number of ether oxygens (including phenoxy) is 2. The van der Waals surface area contributed by atoms with Gasteiger partial charge in [-0.05, 0) is 44.0 Å². The van der Waals surface area contributed by atoms with Crippen LogP contribution in [0.5, 0.6) is 0 Å². The van der Waals surface area contributed by atoms with E-state index in [0.717, 1.165) is 9.87 Å². The second-order valence-corrected chi connectivity index (χ2v) is 9.46. The van der Waals surface area contributed by atoms with Crippen LogP contribution in [0, 0.1) is 13.8 Å². The van der Waals surface area contributed by atoms with Crippen molar-refractivity contribution in [3.8, 4) is 0 Å². The Balaban J connectivity index is 2.15. The van der Waals surface area contributed by atoms with Gasteiger partial charge in [0.15, 0.2) is 0 Å². The number of esters is 1. The Labute approximate surface area is 182 Å². The van der Waals surface area contributed by atoms with Crippen LogP contribution in [0.15, 0.2) is 29.2 Å². The molecule has 0 unspecified atom stereocenters. The van der Waals surface area contributed by atoms with Gasteiger partial charge in [-0.25, -0.2) is 17.5 Å². The molecule has 1 amide bonds. The van der Waals surface area contributed by atoms with E-state index in [1.165, 1.54) is 33.3 Å². The molecule has 0 spiro atoms. The number of benzene rings is 1. The van der Waals surface area contributed by atoms with E-state index < -0.39 is 16.0 Å². The lowest BCUT2D eigenvalue weighted by Gasteiger charge is -2.16. The van der Waals surface area contributed by atoms with Gasteiger partial charge in [0.05, 0.1) is 23.1 Å². The van der Waals surface area contributed by atoms with Crippen LogP contribution in [0.25, 0.3) is 0 Å². The minimum Gasteiger partial charge on any atom is -0.460 e. The zero-order chi connectivity index (χ0) is 23.3. The van der Waals surface area contributed by atoms with Crippen molar-refractivity contribution >= 4 is 21.9 Å². The number of hydrogen-bond donors (Lipinski definition) is 2. The van der Waals surface area contributed by atoms with Gasteiger partial charge >= 0.3 is 5.97 Å². The highest BCUT2D eigenvalue weighted by atomic mass is 32.2. The van der Waals surface area contributed by atoms with Crippen LogP contribution in [0.4, 0.5) is 0 Å². The van der Waals surface area contributed by atoms with Crippen molar-refractivity contribution in [3.05, 3.63) is 52.3 Å². The lowest BCUT2D eigenvalue weighted by molar-refractivity contribution is 0.0386. The molecule has 1 aromatic carbocycles. The van der Waals surface area contributed by atoms with E-state index in [1.807, 2.05) is 0 Å². The van der Waals surface area contributed by atoms with Crippen LogP contribution in [0.2, 0.25) is 0 Å². The van der Waals surface area contributed by atoms with E-state index in [0.29, 0.717) is 16.8 Å². The van der Waals surface area contributed by atoms with Crippen molar-refractivity contribution in [2.75, 3.05) is 34.4 Å². The van der Waals surface area contributed by atoms with Crippen molar-refractivity contribution in [3.63, 3.8) is 0 Å². The molecule has 0 aliphatic carbocycles. The number of nitrogens with one attached hydrogen (secondary N) is 2. The summed E-state index contributed by atoms with van der Waals surface area (Å²) in [4.78, 5) is 28.2. The third kappa shape index (κ3) is 5.52. The number of aromatic amines is 1. The molecule has 2 rings (SSSR count). The highest BCUT2D eigenvalue weighted by Crippen LogP contribution is 2.22. The molecule has 1 atom stereocenters. The van der Waals surface area contributed by atoms with Crippen LogP contribution < -0.4 is 5.32 Å². The molecule has 0 saturated carbocycles. The van der Waals surface area contributed by atoms with Gasteiger partial charge in [-0.15, -0.1) is 0 Å². The molecular formula is C21H29N3O6S. The normalized spacial score (nSPS) is 12.6. The second kappa shape index (κ2) is 10.1. The number of amides is 1. The van der Waals surface area contributed by atoms with Crippen LogP contribution >= 0.6 is 0 Å². The SMILES string of the molecule is COCCOC(=O)c1c(C)[nH]c(C(=O)N[C@@H](C)c2ccc(S(=O)(=O)N(C)C)cc2)c1C. The average Bonchev–Trinajstić information content (AvgIpc) is 3.02. The van der Waals surface area contributed by atoms with Gasteiger partial charge in [0.1, 0.15) is 12.3 Å². The molecule has 9 nitrogen and oxygen atoms in total. The Morgan fingerprint density at radius 3 is 2.29 bits per heavy atom. The predicted molar refractivity (Wildman–Crippen MR) is 116 cm³/mol. The molecule has 0 fully saturated rings. The molecule has 0 radical (unpaired) electrons. The van der Waals surface area contributed by atoms with Crippen molar-refractivity contribution < 1.29 is 27.5 Å². The number of methoxy groups -OCH3 is 1. The summed E-state index contributed by atoms with van der Waals surface area (Å²) in [6.45, 7) is 5.57. The number of nitrogens with zero attached hydrogens (tertiary/aromatic N) is 1. The molecule has 0 aliphatic heterocycles. The standard InChI is InChI=1S/C21H29N3O6S/c1-13-18(21(26)30-12-11-29-6)15(3)22-19(13)20(25)23-14(2)16-7-9-17(10-8-16)31(27,28)24(4)5/h7-10,14,22H,11-12H2,1-6H3,(H,23,25)/t14-/m0/s1. The van der Waals surface area contributed by atoms with E-state index in [9.17, 15) is 18.0 Å². The highest BCUT2D eigenvalue weighted by Gasteiger charge is 2.24. The summed E-state index contributed by atoms with van der Waals surface area (Å²) in [6, 6.07) is 5.94. The minimum atomic E-state index is -3.52. The Hall–Kier alpha value is -2.69. The fraction of sp³-hybridized carbons (Fsp3) is 0.429. The van der Waals surface area contributed by atoms with E-state index in [-0.39, 0.29) is 35.8 Å². The number of H-pyrrole nitrogens is 1. The van der Waals surface area contributed by atoms with Crippen molar-refractivity contribution in [1.82, 2.24) is 14.6 Å². The summed E-state index contributed by atoms with van der Waals surface area (Å²) < 4.78 is 35.6. The molecule has 31 heavy (non-hydrogen) atoms. The van der Waals surface area contributed by atoms with Gasteiger partial charge in [0.2, 0.25) is 10.0 Å². The number of sulfonamides is 1. The number of rotatable bonds is 9. The molecule has 1 heterocycles. The maximum absolute atomic E-state index is 12.8. The first-order chi connectivity index (χ1) is 14.5. The monoisotopic (exact) mass is 451 g/mol. The summed E-state index contributed by atoms with van der Waals surface area (Å²) in [5, 5.41) is 2.86. The largest absolute Gasteiger partial charge is 0.460 e. The maximum atomic E-state index is 12.8. The average molecular weight is 452 g/mol. The Bertz CT molecular complexity index is 1040. The molecule has 170 valence electrons. The van der Waals surface area contributed by atoms with Gasteiger partial charge in [0.25, 0.3) is 5.91 Å². The molecule has 0 bridgehead atoms. The van der Waals surface area contributed by atoms with Crippen molar-refractivity contribution in [1.29, 1.82) is 0 Å². The summed E-state index contributed by atoms with van der Waals surface area (Å²) >= 11 is 0. The molecule has 0 aliphatic rings. The van der Waals surface area contributed by atoms with E-state index in [1.54, 1.807) is 32.9 Å². The number of carbonyl (C=O) groups is 2. The topological polar surface area (TPSA) is 118 Å². The molecule has 10 heteroatoms. The Kier molecular flexibility index (Phi) is 7.99. The lowest BCUT2D eigenvalue weighted by Crippen LogP contribution is -2.27. The second-order valence-electron chi connectivity index (χ2n) is 7.31. The van der Waals surface area contributed by atoms with Crippen molar-refractivity contribution in [2.45, 2.75) is 31.7 Å². The van der Waals surface area contributed by atoms with Gasteiger partial charge in [-0.1, -0.05) is 12.1 Å². The summed E-state index contributed by atoms with van der Waals surface area (Å²) in [6.07, 6.45) is 0. The zero-order valence-corrected chi connectivity index (χ0v) is 19.4. The van der Waals surface area contributed by atoms with Crippen LogP contribution in [0.1, 0.15) is 50.6 Å². The van der Waals surface area contributed by atoms with Gasteiger partial charge < -0.3 is 19.8 Å². The van der Waals surface area contributed by atoms with E-state index in [2.05, 4.69) is 10.3 Å². The Morgan fingerprint density at radius 1 is 1.13 bits per heavy atom. The predicted octanol–water partition coefficient (Wildman–Crippen LogP) is 2.18. The number of aryl methyl sites for hydroxylation is 1.